The van der Waals surface area contributed by atoms with Crippen LogP contribution in [0, 0.1) is 6.92 Å². The normalized spacial score (nSPS) is 29.1. The van der Waals surface area contributed by atoms with Gasteiger partial charge in [0.25, 0.3) is 0 Å². The highest BCUT2D eigenvalue weighted by molar-refractivity contribution is 5.35. The van der Waals surface area contributed by atoms with Crippen molar-refractivity contribution in [2.45, 2.75) is 31.4 Å². The molecule has 10 nitrogen and oxygen atoms in total. The number of ether oxygens (including phenoxy) is 1. The van der Waals surface area contributed by atoms with Crippen molar-refractivity contribution in [2.75, 3.05) is 12.3 Å². The van der Waals surface area contributed by atoms with Crippen LogP contribution in [-0.2, 0) is 4.74 Å². The highest BCUT2D eigenvalue weighted by Gasteiger charge is 2.44. The zero-order valence-electron chi connectivity index (χ0n) is 10.6. The summed E-state index contributed by atoms with van der Waals surface area (Å²) in [6, 6.07) is -0.986. The first-order chi connectivity index (χ1) is 9.49. The molecule has 1 aromatic heterocycles. The summed E-state index contributed by atoms with van der Waals surface area (Å²) in [6.45, 7) is 1.20. The Hall–Kier alpha value is -2.13. The standard InChI is InChI=1S/C10H14N6O4/c1-4-2-16(10(19)13-8(4)11)9-7(18)6(14-15-12)5(3-17)20-9/h2,5-7,9,17-18H,3H2,1H3,(H2,11,13,19)/t5-,6-,7-,9-/m1/s1. The Labute approximate surface area is 113 Å². The van der Waals surface area contributed by atoms with Crippen LogP contribution in [0.1, 0.15) is 11.8 Å². The molecule has 10 heteroatoms. The lowest BCUT2D eigenvalue weighted by Gasteiger charge is -2.18. The van der Waals surface area contributed by atoms with Crippen LogP contribution in [0.2, 0.25) is 0 Å². The van der Waals surface area contributed by atoms with Crippen LogP contribution in [0.15, 0.2) is 16.1 Å². The fraction of sp³-hybridized carbons (Fsp3) is 0.600. The Bertz CT molecular complexity index is 610. The van der Waals surface area contributed by atoms with Gasteiger partial charge in [0.15, 0.2) is 6.23 Å². The van der Waals surface area contributed by atoms with Crippen LogP contribution in [0.3, 0.4) is 0 Å². The molecule has 1 aliphatic heterocycles. The molecule has 0 radical (unpaired) electrons. The molecule has 1 fully saturated rings. The molecular weight excluding hydrogens is 268 g/mol. The molecule has 0 bridgehead atoms. The fourth-order valence-electron chi connectivity index (χ4n) is 2.07. The van der Waals surface area contributed by atoms with E-state index in [1.165, 1.54) is 6.20 Å². The van der Waals surface area contributed by atoms with Gasteiger partial charge in [0.05, 0.1) is 18.8 Å². The number of nitrogens with zero attached hydrogens (tertiary/aromatic N) is 5. The van der Waals surface area contributed by atoms with E-state index < -0.39 is 36.8 Å². The topological polar surface area (TPSA) is 159 Å². The van der Waals surface area contributed by atoms with E-state index in [4.69, 9.17) is 16.0 Å². The average molecular weight is 282 g/mol. The second-order valence-electron chi connectivity index (χ2n) is 4.43. The Morgan fingerprint density at radius 1 is 1.70 bits per heavy atom. The minimum absolute atomic E-state index is 0.0871. The van der Waals surface area contributed by atoms with E-state index in [1.54, 1.807) is 6.92 Å². The van der Waals surface area contributed by atoms with E-state index in [2.05, 4.69) is 15.0 Å². The largest absolute Gasteiger partial charge is 0.394 e. The quantitative estimate of drug-likeness (QED) is 0.368. The molecule has 0 saturated carbocycles. The maximum atomic E-state index is 11.8. The predicted molar refractivity (Wildman–Crippen MR) is 67.6 cm³/mol. The first-order valence-electron chi connectivity index (χ1n) is 5.83. The minimum atomic E-state index is -1.27. The number of anilines is 1. The Morgan fingerprint density at radius 2 is 2.40 bits per heavy atom. The van der Waals surface area contributed by atoms with Crippen molar-refractivity contribution in [2.24, 2.45) is 5.11 Å². The summed E-state index contributed by atoms with van der Waals surface area (Å²) in [5.74, 6) is 0.0871. The van der Waals surface area contributed by atoms with E-state index in [9.17, 15) is 15.0 Å². The molecule has 4 atom stereocenters. The van der Waals surface area contributed by atoms with Crippen molar-refractivity contribution in [3.8, 4) is 0 Å². The van der Waals surface area contributed by atoms with Gasteiger partial charge in [-0.25, -0.2) is 4.79 Å². The number of hydrogen-bond donors (Lipinski definition) is 3. The third-order valence-electron chi connectivity index (χ3n) is 3.15. The molecule has 20 heavy (non-hydrogen) atoms. The lowest BCUT2D eigenvalue weighted by molar-refractivity contribution is -0.0531. The molecule has 0 unspecified atom stereocenters. The number of aliphatic hydroxyl groups excluding tert-OH is 2. The summed E-state index contributed by atoms with van der Waals surface area (Å²) in [4.78, 5) is 18.0. The van der Waals surface area contributed by atoms with E-state index in [1.807, 2.05) is 0 Å². The molecule has 1 aliphatic rings. The molecule has 0 aromatic carbocycles. The molecule has 0 amide bonds. The van der Waals surface area contributed by atoms with Crippen molar-refractivity contribution in [1.29, 1.82) is 0 Å². The Morgan fingerprint density at radius 3 is 3.00 bits per heavy atom. The van der Waals surface area contributed by atoms with Crippen molar-refractivity contribution < 1.29 is 14.9 Å². The fourth-order valence-corrected chi connectivity index (χ4v) is 2.07. The third-order valence-corrected chi connectivity index (χ3v) is 3.15. The van der Waals surface area contributed by atoms with Gasteiger partial charge in [-0.05, 0) is 12.5 Å². The Kier molecular flexibility index (Phi) is 3.91. The highest BCUT2D eigenvalue weighted by Crippen LogP contribution is 2.30. The molecular formula is C10H14N6O4. The van der Waals surface area contributed by atoms with Gasteiger partial charge < -0.3 is 20.7 Å². The van der Waals surface area contributed by atoms with Crippen LogP contribution < -0.4 is 11.4 Å². The molecule has 4 N–H and O–H groups in total. The number of aromatic nitrogens is 2. The van der Waals surface area contributed by atoms with Crippen LogP contribution >= 0.6 is 0 Å². The van der Waals surface area contributed by atoms with Crippen molar-refractivity contribution in [3.05, 3.63) is 32.7 Å². The highest BCUT2D eigenvalue weighted by atomic mass is 16.5. The van der Waals surface area contributed by atoms with Crippen LogP contribution in [0.25, 0.3) is 10.4 Å². The first-order valence-corrected chi connectivity index (χ1v) is 5.83. The molecule has 1 aromatic rings. The van der Waals surface area contributed by atoms with E-state index in [0.717, 1.165) is 4.57 Å². The van der Waals surface area contributed by atoms with Crippen molar-refractivity contribution >= 4 is 5.82 Å². The van der Waals surface area contributed by atoms with Gasteiger partial charge in [0.2, 0.25) is 0 Å². The van der Waals surface area contributed by atoms with Crippen molar-refractivity contribution in [1.82, 2.24) is 9.55 Å². The van der Waals surface area contributed by atoms with Gasteiger partial charge in [0, 0.05) is 16.7 Å². The van der Waals surface area contributed by atoms with Gasteiger partial charge in [-0.15, -0.1) is 0 Å². The number of aliphatic hydroxyl groups is 2. The molecule has 0 aliphatic carbocycles. The summed E-state index contributed by atoms with van der Waals surface area (Å²) in [6.07, 6.45) is -1.87. The number of aryl methyl sites for hydroxylation is 1. The maximum Gasteiger partial charge on any atom is 0.351 e. The number of azide groups is 1. The first kappa shape index (κ1) is 14.3. The van der Waals surface area contributed by atoms with Crippen LogP contribution in [0.4, 0.5) is 5.82 Å². The summed E-state index contributed by atoms with van der Waals surface area (Å²) >= 11 is 0. The molecule has 2 heterocycles. The Balaban J connectivity index is 2.41. The van der Waals surface area contributed by atoms with Crippen LogP contribution in [-0.4, -0.2) is 44.6 Å². The van der Waals surface area contributed by atoms with Gasteiger partial charge in [0.1, 0.15) is 11.9 Å². The summed E-state index contributed by atoms with van der Waals surface area (Å²) in [5.41, 5.74) is 13.8. The van der Waals surface area contributed by atoms with Gasteiger partial charge in [-0.3, -0.25) is 4.57 Å². The number of nitrogens with two attached hydrogens (primary N) is 1. The summed E-state index contributed by atoms with van der Waals surface area (Å²) < 4.78 is 6.43. The third kappa shape index (κ3) is 2.32. The summed E-state index contributed by atoms with van der Waals surface area (Å²) in [5, 5.41) is 22.7. The number of rotatable bonds is 3. The summed E-state index contributed by atoms with van der Waals surface area (Å²) in [7, 11) is 0. The smallest absolute Gasteiger partial charge is 0.351 e. The van der Waals surface area contributed by atoms with E-state index >= 15 is 0 Å². The second-order valence-corrected chi connectivity index (χ2v) is 4.43. The molecule has 108 valence electrons. The van der Waals surface area contributed by atoms with E-state index in [-0.39, 0.29) is 5.82 Å². The van der Waals surface area contributed by atoms with E-state index in [0.29, 0.717) is 5.56 Å². The van der Waals surface area contributed by atoms with Gasteiger partial charge in [-0.1, -0.05) is 5.11 Å². The second kappa shape index (κ2) is 5.47. The zero-order chi connectivity index (χ0) is 14.9. The number of hydrogen-bond acceptors (Lipinski definition) is 7. The van der Waals surface area contributed by atoms with Gasteiger partial charge >= 0.3 is 5.69 Å². The minimum Gasteiger partial charge on any atom is -0.394 e. The molecule has 1 saturated heterocycles. The monoisotopic (exact) mass is 282 g/mol. The average Bonchev–Trinajstić information content (AvgIpc) is 2.72. The van der Waals surface area contributed by atoms with Gasteiger partial charge in [-0.2, -0.15) is 4.98 Å². The lowest BCUT2D eigenvalue weighted by atomic mass is 10.1. The molecule has 2 rings (SSSR count). The van der Waals surface area contributed by atoms with Crippen molar-refractivity contribution in [3.63, 3.8) is 0 Å². The number of nitrogen functional groups attached to an aromatic ring is 1. The predicted octanol–water partition coefficient (Wildman–Crippen LogP) is -0.937. The van der Waals surface area contributed by atoms with Crippen LogP contribution in [0.5, 0.6) is 0 Å². The molecule has 0 spiro atoms. The zero-order valence-corrected chi connectivity index (χ0v) is 10.6. The maximum absolute atomic E-state index is 11.8. The lowest BCUT2D eigenvalue weighted by Crippen LogP contribution is -2.35. The SMILES string of the molecule is Cc1cn([C@@H]2O[C@H](CO)[C@@H](N=[N+]=[N-])[C@H]2O)c(=O)nc1N.